The second-order valence-electron chi connectivity index (χ2n) is 7.38. The first kappa shape index (κ1) is 19.6. The average molecular weight is 405 g/mol. The summed E-state index contributed by atoms with van der Waals surface area (Å²) in [6.45, 7) is 1.42. The maximum Gasteiger partial charge on any atom is 0.325 e. The Bertz CT molecular complexity index is 1140. The summed E-state index contributed by atoms with van der Waals surface area (Å²) >= 11 is 0. The Morgan fingerprint density at radius 2 is 1.73 bits per heavy atom. The molecule has 1 atom stereocenters. The molecule has 1 saturated heterocycles. The monoisotopic (exact) mass is 405 g/mol. The minimum Gasteiger partial charge on any atom is -0.350 e. The minimum absolute atomic E-state index is 0.170. The number of nitrogens with one attached hydrogen (secondary N) is 2. The number of nitrogens with zero attached hydrogens (tertiary/aromatic N) is 1. The lowest BCUT2D eigenvalue weighted by Gasteiger charge is -2.24. The van der Waals surface area contributed by atoms with Gasteiger partial charge in [-0.3, -0.25) is 14.5 Å². The van der Waals surface area contributed by atoms with Crippen LogP contribution in [-0.2, 0) is 21.7 Å². The Kier molecular flexibility index (Phi) is 4.95. The van der Waals surface area contributed by atoms with Crippen molar-refractivity contribution >= 4 is 28.6 Å². The highest BCUT2D eigenvalue weighted by Crippen LogP contribution is 2.33. The van der Waals surface area contributed by atoms with E-state index in [4.69, 9.17) is 0 Å². The molecule has 1 aliphatic heterocycles. The second-order valence-corrected chi connectivity index (χ2v) is 7.38. The van der Waals surface area contributed by atoms with Crippen molar-refractivity contribution in [2.75, 3.05) is 6.54 Å². The summed E-state index contributed by atoms with van der Waals surface area (Å²) in [5, 5.41) is 7.20. The van der Waals surface area contributed by atoms with Crippen molar-refractivity contribution in [2.24, 2.45) is 0 Å². The molecule has 1 fully saturated rings. The predicted octanol–water partition coefficient (Wildman–Crippen LogP) is 3.06. The third-order valence-electron chi connectivity index (χ3n) is 5.31. The van der Waals surface area contributed by atoms with E-state index in [0.717, 1.165) is 15.7 Å². The van der Waals surface area contributed by atoms with Crippen LogP contribution in [0.15, 0.2) is 66.7 Å². The lowest BCUT2D eigenvalue weighted by molar-refractivity contribution is -0.134. The summed E-state index contributed by atoms with van der Waals surface area (Å²) in [4.78, 5) is 38.9. The molecule has 0 unspecified atom stereocenters. The standard InChI is InChI=1S/C23H20FN3O3/c1-23(19-8-4-6-16-5-2-3-7-18(16)19)21(29)27(22(30)26-23)14-20(28)25-13-15-9-11-17(24)12-10-15/h2-12H,13-14H2,1H3,(H,25,28)(H,26,30)/t23-/m1/s1. The Labute approximate surface area is 172 Å². The molecule has 1 aliphatic rings. The zero-order valence-electron chi connectivity index (χ0n) is 16.3. The lowest BCUT2D eigenvalue weighted by Crippen LogP contribution is -2.43. The van der Waals surface area contributed by atoms with Crippen LogP contribution in [-0.4, -0.2) is 29.3 Å². The van der Waals surface area contributed by atoms with Crippen molar-refractivity contribution in [3.63, 3.8) is 0 Å². The first-order chi connectivity index (χ1) is 14.4. The number of hydrogen-bond donors (Lipinski definition) is 2. The first-order valence-electron chi connectivity index (χ1n) is 9.52. The van der Waals surface area contributed by atoms with Gasteiger partial charge in [-0.25, -0.2) is 9.18 Å². The number of carbonyl (C=O) groups excluding carboxylic acids is 3. The summed E-state index contributed by atoms with van der Waals surface area (Å²) in [7, 11) is 0. The highest BCUT2D eigenvalue weighted by Gasteiger charge is 2.50. The maximum atomic E-state index is 13.1. The van der Waals surface area contributed by atoms with Crippen LogP contribution in [0.25, 0.3) is 10.8 Å². The summed E-state index contributed by atoms with van der Waals surface area (Å²) < 4.78 is 13.0. The molecule has 2 N–H and O–H groups in total. The number of hydrogen-bond acceptors (Lipinski definition) is 3. The number of rotatable bonds is 5. The number of carbonyl (C=O) groups is 3. The molecule has 0 aliphatic carbocycles. The van der Waals surface area contributed by atoms with Crippen LogP contribution in [0.5, 0.6) is 0 Å². The van der Waals surface area contributed by atoms with Crippen LogP contribution in [0, 0.1) is 5.82 Å². The molecule has 0 spiro atoms. The molecule has 0 saturated carbocycles. The fourth-order valence-electron chi connectivity index (χ4n) is 3.69. The van der Waals surface area contributed by atoms with Crippen LogP contribution in [0.4, 0.5) is 9.18 Å². The molecular formula is C23H20FN3O3. The topological polar surface area (TPSA) is 78.5 Å². The van der Waals surface area contributed by atoms with E-state index in [1.807, 2.05) is 36.4 Å². The number of halogens is 1. The summed E-state index contributed by atoms with van der Waals surface area (Å²) in [5.74, 6) is -1.33. The number of amides is 4. The van der Waals surface area contributed by atoms with Crippen molar-refractivity contribution in [1.29, 1.82) is 0 Å². The maximum absolute atomic E-state index is 13.1. The number of benzene rings is 3. The van der Waals surface area contributed by atoms with E-state index in [9.17, 15) is 18.8 Å². The van der Waals surface area contributed by atoms with Crippen molar-refractivity contribution in [1.82, 2.24) is 15.5 Å². The fourth-order valence-corrected chi connectivity index (χ4v) is 3.69. The Morgan fingerprint density at radius 1 is 1.03 bits per heavy atom. The van der Waals surface area contributed by atoms with Gasteiger partial charge < -0.3 is 10.6 Å². The molecule has 4 amide bonds. The van der Waals surface area contributed by atoms with Gasteiger partial charge in [0.15, 0.2) is 0 Å². The molecule has 4 rings (SSSR count). The van der Waals surface area contributed by atoms with Crippen molar-refractivity contribution in [3.8, 4) is 0 Å². The quantitative estimate of drug-likeness (QED) is 0.641. The van der Waals surface area contributed by atoms with Gasteiger partial charge in [-0.1, -0.05) is 54.6 Å². The van der Waals surface area contributed by atoms with Gasteiger partial charge in [0.2, 0.25) is 5.91 Å². The van der Waals surface area contributed by atoms with Gasteiger partial charge in [0.25, 0.3) is 5.91 Å². The minimum atomic E-state index is -1.27. The van der Waals surface area contributed by atoms with E-state index in [2.05, 4.69) is 10.6 Å². The lowest BCUT2D eigenvalue weighted by atomic mass is 9.88. The van der Waals surface area contributed by atoms with Gasteiger partial charge in [0, 0.05) is 6.54 Å². The molecule has 6 nitrogen and oxygen atoms in total. The fraction of sp³-hybridized carbons (Fsp3) is 0.174. The molecule has 30 heavy (non-hydrogen) atoms. The zero-order valence-corrected chi connectivity index (χ0v) is 16.3. The highest BCUT2D eigenvalue weighted by molar-refractivity contribution is 6.10. The SMILES string of the molecule is C[C@]1(c2cccc3ccccc23)NC(=O)N(CC(=O)NCc2ccc(F)cc2)C1=O. The molecule has 7 heteroatoms. The molecule has 0 aromatic heterocycles. The molecule has 0 radical (unpaired) electrons. The largest absolute Gasteiger partial charge is 0.350 e. The molecule has 1 heterocycles. The normalized spacial score (nSPS) is 18.5. The van der Waals surface area contributed by atoms with Gasteiger partial charge in [-0.05, 0) is 41.0 Å². The Hall–Kier alpha value is -3.74. The van der Waals surface area contributed by atoms with Gasteiger partial charge in [-0.2, -0.15) is 0 Å². The number of imide groups is 1. The van der Waals surface area contributed by atoms with Gasteiger partial charge in [0.05, 0.1) is 0 Å². The third kappa shape index (κ3) is 3.50. The van der Waals surface area contributed by atoms with Crippen LogP contribution in [0.2, 0.25) is 0 Å². The van der Waals surface area contributed by atoms with Crippen molar-refractivity contribution < 1.29 is 18.8 Å². The zero-order chi connectivity index (χ0) is 21.3. The third-order valence-corrected chi connectivity index (χ3v) is 5.31. The summed E-state index contributed by atoms with van der Waals surface area (Å²) in [6.07, 6.45) is 0. The van der Waals surface area contributed by atoms with E-state index < -0.39 is 29.9 Å². The van der Waals surface area contributed by atoms with Gasteiger partial charge in [-0.15, -0.1) is 0 Å². The Morgan fingerprint density at radius 3 is 2.50 bits per heavy atom. The van der Waals surface area contributed by atoms with E-state index in [1.165, 1.54) is 12.1 Å². The predicted molar refractivity (Wildman–Crippen MR) is 110 cm³/mol. The molecule has 3 aromatic carbocycles. The van der Waals surface area contributed by atoms with Gasteiger partial charge >= 0.3 is 6.03 Å². The smallest absolute Gasteiger partial charge is 0.325 e. The summed E-state index contributed by atoms with van der Waals surface area (Å²) in [6, 6.07) is 18.3. The van der Waals surface area contributed by atoms with E-state index in [0.29, 0.717) is 11.1 Å². The molecular weight excluding hydrogens is 385 g/mol. The molecule has 152 valence electrons. The number of fused-ring (bicyclic) bond motifs is 1. The van der Waals surface area contributed by atoms with Crippen LogP contribution >= 0.6 is 0 Å². The summed E-state index contributed by atoms with van der Waals surface area (Å²) in [5.41, 5.74) is 0.116. The van der Waals surface area contributed by atoms with E-state index >= 15 is 0 Å². The van der Waals surface area contributed by atoms with Crippen LogP contribution in [0.3, 0.4) is 0 Å². The van der Waals surface area contributed by atoms with Crippen molar-refractivity contribution in [3.05, 3.63) is 83.7 Å². The highest BCUT2D eigenvalue weighted by atomic mass is 19.1. The Balaban J connectivity index is 1.50. The average Bonchev–Trinajstić information content (AvgIpc) is 2.96. The number of urea groups is 1. The van der Waals surface area contributed by atoms with E-state index in [-0.39, 0.29) is 12.4 Å². The van der Waals surface area contributed by atoms with Crippen molar-refractivity contribution in [2.45, 2.75) is 19.0 Å². The van der Waals surface area contributed by atoms with E-state index in [1.54, 1.807) is 25.1 Å². The van der Waals surface area contributed by atoms with Crippen LogP contribution in [0.1, 0.15) is 18.1 Å². The first-order valence-corrected chi connectivity index (χ1v) is 9.52. The molecule has 3 aromatic rings. The second kappa shape index (κ2) is 7.59. The van der Waals surface area contributed by atoms with Crippen LogP contribution < -0.4 is 10.6 Å². The van der Waals surface area contributed by atoms with Gasteiger partial charge in [0.1, 0.15) is 17.9 Å². The molecule has 0 bridgehead atoms.